The van der Waals surface area contributed by atoms with Gasteiger partial charge in [-0.3, -0.25) is 4.79 Å². The molecule has 1 aromatic heterocycles. The Morgan fingerprint density at radius 3 is 2.60 bits per heavy atom. The van der Waals surface area contributed by atoms with Gasteiger partial charge in [0.05, 0.1) is 11.8 Å². The van der Waals surface area contributed by atoms with Crippen molar-refractivity contribution in [3.63, 3.8) is 0 Å². The molecule has 0 aliphatic rings. The molecule has 0 saturated carbocycles. The van der Waals surface area contributed by atoms with Gasteiger partial charge in [0.15, 0.2) is 0 Å². The number of carbonyl (C=O) groups excluding carboxylic acids is 1. The van der Waals surface area contributed by atoms with Crippen molar-refractivity contribution in [1.29, 1.82) is 0 Å². The first-order valence-corrected chi connectivity index (χ1v) is 9.46. The highest BCUT2D eigenvalue weighted by molar-refractivity contribution is 9.10. The predicted octanol–water partition coefficient (Wildman–Crippen LogP) is 4.47. The first-order chi connectivity index (χ1) is 12.1. The number of benzene rings is 2. The number of amides is 1. The molecule has 1 amide bonds. The van der Waals surface area contributed by atoms with Gasteiger partial charge in [-0.15, -0.1) is 10.2 Å². The van der Waals surface area contributed by atoms with Gasteiger partial charge in [-0.05, 0) is 36.8 Å². The van der Waals surface area contributed by atoms with Crippen molar-refractivity contribution in [2.45, 2.75) is 18.2 Å². The summed E-state index contributed by atoms with van der Waals surface area (Å²) < 4.78 is 6.58. The molecule has 0 bridgehead atoms. The minimum atomic E-state index is -0.0789. The van der Waals surface area contributed by atoms with Crippen LogP contribution in [0.5, 0.6) is 0 Å². The van der Waals surface area contributed by atoms with E-state index in [0.29, 0.717) is 11.1 Å². The van der Waals surface area contributed by atoms with Crippen LogP contribution in [-0.2, 0) is 4.79 Å². The van der Waals surface area contributed by atoms with Crippen molar-refractivity contribution >= 4 is 33.6 Å². The predicted molar refractivity (Wildman–Crippen MR) is 101 cm³/mol. The third kappa shape index (κ3) is 4.93. The summed E-state index contributed by atoms with van der Waals surface area (Å²) in [6, 6.07) is 17.4. The van der Waals surface area contributed by atoms with Crippen LogP contribution in [0.25, 0.3) is 11.5 Å². The van der Waals surface area contributed by atoms with E-state index < -0.39 is 0 Å². The SMILES string of the molecule is C[C@@H](NC(=O)CSc1nnc(-c2ccc(Br)cc2)o1)c1ccccc1. The molecule has 25 heavy (non-hydrogen) atoms. The summed E-state index contributed by atoms with van der Waals surface area (Å²) in [5.74, 6) is 0.580. The second kappa shape index (κ2) is 8.31. The summed E-state index contributed by atoms with van der Waals surface area (Å²) in [4.78, 5) is 12.1. The highest BCUT2D eigenvalue weighted by atomic mass is 79.9. The molecule has 2 aromatic carbocycles. The Morgan fingerprint density at radius 2 is 1.88 bits per heavy atom. The number of rotatable bonds is 6. The van der Waals surface area contributed by atoms with E-state index >= 15 is 0 Å². The molecule has 128 valence electrons. The summed E-state index contributed by atoms with van der Waals surface area (Å²) in [5.41, 5.74) is 1.90. The highest BCUT2D eigenvalue weighted by Gasteiger charge is 2.13. The van der Waals surface area contributed by atoms with Crippen molar-refractivity contribution in [1.82, 2.24) is 15.5 Å². The lowest BCUT2D eigenvalue weighted by Crippen LogP contribution is -2.28. The number of carbonyl (C=O) groups is 1. The molecular weight excluding hydrogens is 402 g/mol. The fourth-order valence-corrected chi connectivity index (χ4v) is 3.05. The first kappa shape index (κ1) is 17.7. The van der Waals surface area contributed by atoms with Crippen LogP contribution < -0.4 is 5.32 Å². The number of halogens is 1. The van der Waals surface area contributed by atoms with Crippen LogP contribution in [0.2, 0.25) is 0 Å². The van der Waals surface area contributed by atoms with Crippen molar-refractivity contribution in [3.05, 3.63) is 64.6 Å². The Bertz CT molecular complexity index is 837. The molecule has 3 aromatic rings. The van der Waals surface area contributed by atoms with Crippen LogP contribution in [0.1, 0.15) is 18.5 Å². The lowest BCUT2D eigenvalue weighted by molar-refractivity contribution is -0.119. The van der Waals surface area contributed by atoms with E-state index in [0.717, 1.165) is 15.6 Å². The van der Waals surface area contributed by atoms with Gasteiger partial charge in [-0.1, -0.05) is 58.0 Å². The van der Waals surface area contributed by atoms with Gasteiger partial charge in [-0.2, -0.15) is 0 Å². The van der Waals surface area contributed by atoms with Crippen LogP contribution >= 0.6 is 27.7 Å². The normalized spacial score (nSPS) is 11.9. The number of hydrogen-bond donors (Lipinski definition) is 1. The molecule has 0 aliphatic heterocycles. The topological polar surface area (TPSA) is 68.0 Å². The molecular formula is C18H16BrN3O2S. The zero-order valence-corrected chi connectivity index (χ0v) is 15.9. The molecule has 1 heterocycles. The Balaban J connectivity index is 1.53. The van der Waals surface area contributed by atoms with Crippen molar-refractivity contribution in [2.75, 3.05) is 5.75 Å². The summed E-state index contributed by atoms with van der Waals surface area (Å²) >= 11 is 4.61. The number of nitrogens with zero attached hydrogens (tertiary/aromatic N) is 2. The lowest BCUT2D eigenvalue weighted by Gasteiger charge is -2.13. The summed E-state index contributed by atoms with van der Waals surface area (Å²) in [6.07, 6.45) is 0. The molecule has 0 spiro atoms. The second-order valence-electron chi connectivity index (χ2n) is 5.37. The number of nitrogens with one attached hydrogen (secondary N) is 1. The Kier molecular flexibility index (Phi) is 5.88. The van der Waals surface area contributed by atoms with Crippen molar-refractivity contribution in [2.24, 2.45) is 0 Å². The van der Waals surface area contributed by atoms with Crippen LogP contribution in [-0.4, -0.2) is 21.9 Å². The smallest absolute Gasteiger partial charge is 0.277 e. The van der Waals surface area contributed by atoms with E-state index in [1.54, 1.807) is 0 Å². The van der Waals surface area contributed by atoms with Gasteiger partial charge in [0.25, 0.3) is 5.22 Å². The summed E-state index contributed by atoms with van der Waals surface area (Å²) in [7, 11) is 0. The largest absolute Gasteiger partial charge is 0.411 e. The number of aromatic nitrogens is 2. The molecule has 0 fully saturated rings. The van der Waals surface area contributed by atoms with E-state index in [4.69, 9.17) is 4.42 Å². The number of thioether (sulfide) groups is 1. The quantitative estimate of drug-likeness (QED) is 0.599. The maximum absolute atomic E-state index is 12.1. The molecule has 0 unspecified atom stereocenters. The fraction of sp³-hybridized carbons (Fsp3) is 0.167. The molecule has 1 N–H and O–H groups in total. The van der Waals surface area contributed by atoms with Gasteiger partial charge in [0.2, 0.25) is 11.8 Å². The molecule has 0 aliphatic carbocycles. The minimum absolute atomic E-state index is 0.0460. The average molecular weight is 418 g/mol. The van der Waals surface area contributed by atoms with Gasteiger partial charge in [0, 0.05) is 10.0 Å². The van der Waals surface area contributed by atoms with E-state index in [1.165, 1.54) is 11.8 Å². The van der Waals surface area contributed by atoms with E-state index in [-0.39, 0.29) is 17.7 Å². The van der Waals surface area contributed by atoms with Crippen molar-refractivity contribution in [3.8, 4) is 11.5 Å². The average Bonchev–Trinajstić information content (AvgIpc) is 3.10. The van der Waals surface area contributed by atoms with Crippen LogP contribution in [0.3, 0.4) is 0 Å². The minimum Gasteiger partial charge on any atom is -0.411 e. The Labute approximate surface area is 158 Å². The Hall–Kier alpha value is -2.12. The van der Waals surface area contributed by atoms with Crippen LogP contribution in [0.4, 0.5) is 0 Å². The van der Waals surface area contributed by atoms with E-state index in [9.17, 15) is 4.79 Å². The molecule has 0 saturated heterocycles. The Morgan fingerprint density at radius 1 is 1.16 bits per heavy atom. The zero-order valence-electron chi connectivity index (χ0n) is 13.5. The van der Waals surface area contributed by atoms with Gasteiger partial charge in [-0.25, -0.2) is 0 Å². The van der Waals surface area contributed by atoms with Gasteiger partial charge >= 0.3 is 0 Å². The molecule has 7 heteroatoms. The highest BCUT2D eigenvalue weighted by Crippen LogP contribution is 2.24. The fourth-order valence-electron chi connectivity index (χ4n) is 2.21. The van der Waals surface area contributed by atoms with Crippen LogP contribution in [0, 0.1) is 0 Å². The maximum atomic E-state index is 12.1. The first-order valence-electron chi connectivity index (χ1n) is 7.68. The number of hydrogen-bond acceptors (Lipinski definition) is 5. The molecule has 0 radical (unpaired) electrons. The monoisotopic (exact) mass is 417 g/mol. The van der Waals surface area contributed by atoms with Crippen molar-refractivity contribution < 1.29 is 9.21 Å². The third-order valence-electron chi connectivity index (χ3n) is 3.50. The molecule has 3 rings (SSSR count). The molecule has 1 atom stereocenters. The summed E-state index contributed by atoms with van der Waals surface area (Å²) in [6.45, 7) is 1.95. The molecule has 5 nitrogen and oxygen atoms in total. The standard InChI is InChI=1S/C18H16BrN3O2S/c1-12(13-5-3-2-4-6-13)20-16(23)11-25-18-22-21-17(24-18)14-7-9-15(19)10-8-14/h2-10,12H,11H2,1H3,(H,20,23)/t12-/m1/s1. The van der Waals surface area contributed by atoms with E-state index in [2.05, 4.69) is 31.4 Å². The van der Waals surface area contributed by atoms with Gasteiger partial charge in [0.1, 0.15) is 0 Å². The van der Waals surface area contributed by atoms with Crippen LogP contribution in [0.15, 0.2) is 68.7 Å². The lowest BCUT2D eigenvalue weighted by atomic mass is 10.1. The third-order valence-corrected chi connectivity index (χ3v) is 4.85. The summed E-state index contributed by atoms with van der Waals surface area (Å²) in [5, 5.41) is 11.3. The second-order valence-corrected chi connectivity index (χ2v) is 7.21. The van der Waals surface area contributed by atoms with E-state index in [1.807, 2.05) is 61.5 Å². The zero-order chi connectivity index (χ0) is 17.6. The maximum Gasteiger partial charge on any atom is 0.277 e. The van der Waals surface area contributed by atoms with Gasteiger partial charge < -0.3 is 9.73 Å².